The molecule has 8 heteroatoms. The molecule has 0 aliphatic carbocycles. The van der Waals surface area contributed by atoms with E-state index in [0.29, 0.717) is 12.2 Å². The lowest BCUT2D eigenvalue weighted by atomic mass is 10.3. The Bertz CT molecular complexity index is 1040. The molecule has 0 radical (unpaired) electrons. The molecule has 0 saturated heterocycles. The fraction of sp³-hybridized carbons (Fsp3) is 0.176. The van der Waals surface area contributed by atoms with Crippen molar-refractivity contribution < 1.29 is 4.79 Å². The maximum absolute atomic E-state index is 12.4. The van der Waals surface area contributed by atoms with Gasteiger partial charge in [0.2, 0.25) is 0 Å². The van der Waals surface area contributed by atoms with Gasteiger partial charge in [-0.05, 0) is 19.1 Å². The number of hydrogen-bond donors (Lipinski definition) is 1. The molecule has 126 valence electrons. The molecule has 25 heavy (non-hydrogen) atoms. The maximum atomic E-state index is 12.4. The van der Waals surface area contributed by atoms with Gasteiger partial charge < -0.3 is 10.2 Å². The summed E-state index contributed by atoms with van der Waals surface area (Å²) in [6.07, 6.45) is 3.37. The van der Waals surface area contributed by atoms with Gasteiger partial charge in [0.05, 0.1) is 40.5 Å². The summed E-state index contributed by atoms with van der Waals surface area (Å²) in [6, 6.07) is 9.62. The van der Waals surface area contributed by atoms with Crippen LogP contribution in [-0.2, 0) is 6.54 Å². The lowest BCUT2D eigenvalue weighted by Crippen LogP contribution is -2.30. The van der Waals surface area contributed by atoms with Crippen LogP contribution in [0.2, 0.25) is 0 Å². The minimum Gasteiger partial charge on any atom is -0.321 e. The third kappa shape index (κ3) is 3.16. The van der Waals surface area contributed by atoms with Gasteiger partial charge in [0.25, 0.3) is 0 Å². The number of nitrogens with one attached hydrogen (secondary N) is 1. The molecule has 7 nitrogen and oxygen atoms in total. The van der Waals surface area contributed by atoms with Crippen LogP contribution < -0.4 is 5.32 Å². The van der Waals surface area contributed by atoms with Gasteiger partial charge in [0.15, 0.2) is 5.65 Å². The number of carbonyl (C=O) groups is 1. The number of nitrogens with zero attached hydrogens (tertiary/aromatic N) is 5. The molecule has 1 aromatic carbocycles. The average molecular weight is 352 g/mol. The summed E-state index contributed by atoms with van der Waals surface area (Å²) in [6.45, 7) is 2.35. The normalized spacial score (nSPS) is 11.1. The summed E-state index contributed by atoms with van der Waals surface area (Å²) >= 11 is 1.59. The van der Waals surface area contributed by atoms with Crippen LogP contribution >= 0.6 is 11.3 Å². The fourth-order valence-electron chi connectivity index (χ4n) is 2.54. The Morgan fingerprint density at radius 1 is 1.36 bits per heavy atom. The molecule has 0 aliphatic heterocycles. The van der Waals surface area contributed by atoms with E-state index in [1.807, 2.05) is 37.3 Å². The monoisotopic (exact) mass is 352 g/mol. The van der Waals surface area contributed by atoms with E-state index in [2.05, 4.69) is 20.4 Å². The zero-order valence-electron chi connectivity index (χ0n) is 13.8. The zero-order chi connectivity index (χ0) is 17.4. The number of aromatic nitrogens is 4. The molecule has 0 spiro atoms. The summed E-state index contributed by atoms with van der Waals surface area (Å²) in [5.74, 6) is 0. The lowest BCUT2D eigenvalue weighted by Gasteiger charge is -2.16. The second-order valence-corrected chi connectivity index (χ2v) is 6.91. The number of urea groups is 1. The number of para-hydroxylation sites is 1. The standard InChI is InChI=1S/C17H16N6OS/c1-11-7-15-18-8-12(9-23(15)21-11)19-17(24)22(2)10-16-20-13-5-3-4-6-14(13)25-16/h3-9H,10H2,1-2H3,(H,19,24). The van der Waals surface area contributed by atoms with E-state index in [9.17, 15) is 4.79 Å². The van der Waals surface area contributed by atoms with Crippen LogP contribution in [-0.4, -0.2) is 37.6 Å². The van der Waals surface area contributed by atoms with E-state index in [1.54, 1.807) is 40.2 Å². The third-order valence-corrected chi connectivity index (χ3v) is 4.77. The number of hydrogen-bond acceptors (Lipinski definition) is 5. The van der Waals surface area contributed by atoms with Gasteiger partial charge in [-0.2, -0.15) is 5.10 Å². The highest BCUT2D eigenvalue weighted by molar-refractivity contribution is 7.18. The van der Waals surface area contributed by atoms with Gasteiger partial charge in [0.1, 0.15) is 5.01 Å². The van der Waals surface area contributed by atoms with Gasteiger partial charge >= 0.3 is 6.03 Å². The Kier molecular flexibility index (Phi) is 3.81. The van der Waals surface area contributed by atoms with Gasteiger partial charge in [-0.1, -0.05) is 12.1 Å². The van der Waals surface area contributed by atoms with Crippen molar-refractivity contribution in [3.05, 3.63) is 53.4 Å². The minimum atomic E-state index is -0.218. The van der Waals surface area contributed by atoms with Crippen LogP contribution in [0.25, 0.3) is 15.9 Å². The van der Waals surface area contributed by atoms with Crippen molar-refractivity contribution in [2.45, 2.75) is 13.5 Å². The molecule has 0 saturated carbocycles. The van der Waals surface area contributed by atoms with E-state index in [4.69, 9.17) is 0 Å². The van der Waals surface area contributed by atoms with E-state index in [0.717, 1.165) is 26.6 Å². The SMILES string of the molecule is Cc1cc2ncc(NC(=O)N(C)Cc3nc4ccccc4s3)cn2n1. The van der Waals surface area contributed by atoms with E-state index >= 15 is 0 Å². The summed E-state index contributed by atoms with van der Waals surface area (Å²) in [5, 5.41) is 8.03. The first-order valence-electron chi connectivity index (χ1n) is 7.77. The highest BCUT2D eigenvalue weighted by Gasteiger charge is 2.13. The number of aryl methyl sites for hydroxylation is 1. The molecule has 0 fully saturated rings. The lowest BCUT2D eigenvalue weighted by molar-refractivity contribution is 0.220. The molecule has 0 atom stereocenters. The Morgan fingerprint density at radius 3 is 3.04 bits per heavy atom. The molecule has 3 heterocycles. The van der Waals surface area contributed by atoms with Crippen LogP contribution in [0, 0.1) is 6.92 Å². The number of amides is 2. The number of benzene rings is 1. The fourth-order valence-corrected chi connectivity index (χ4v) is 3.56. The van der Waals surface area contributed by atoms with Gasteiger partial charge in [-0.25, -0.2) is 19.3 Å². The summed E-state index contributed by atoms with van der Waals surface area (Å²) in [5.41, 5.74) is 3.18. The quantitative estimate of drug-likeness (QED) is 0.614. The Balaban J connectivity index is 1.47. The number of carbonyl (C=O) groups excluding carboxylic acids is 1. The van der Waals surface area contributed by atoms with Crippen LogP contribution in [0.1, 0.15) is 10.7 Å². The Hall–Kier alpha value is -3.00. The topological polar surface area (TPSA) is 75.4 Å². The van der Waals surface area contributed by atoms with Crippen molar-refractivity contribution in [1.29, 1.82) is 0 Å². The molecular weight excluding hydrogens is 336 g/mol. The predicted molar refractivity (Wildman–Crippen MR) is 97.8 cm³/mol. The van der Waals surface area contributed by atoms with E-state index < -0.39 is 0 Å². The first-order valence-corrected chi connectivity index (χ1v) is 8.59. The van der Waals surface area contributed by atoms with E-state index in [1.165, 1.54) is 0 Å². The summed E-state index contributed by atoms with van der Waals surface area (Å²) < 4.78 is 2.77. The second kappa shape index (κ2) is 6.14. The summed E-state index contributed by atoms with van der Waals surface area (Å²) in [7, 11) is 1.74. The van der Waals surface area contributed by atoms with Crippen molar-refractivity contribution in [1.82, 2.24) is 24.5 Å². The molecule has 4 aromatic rings. The molecule has 0 aliphatic rings. The largest absolute Gasteiger partial charge is 0.322 e. The minimum absolute atomic E-state index is 0.218. The predicted octanol–water partition coefficient (Wildman–Crippen LogP) is 3.31. The van der Waals surface area contributed by atoms with Crippen molar-refractivity contribution in [3.8, 4) is 0 Å². The van der Waals surface area contributed by atoms with Gasteiger partial charge in [0, 0.05) is 13.1 Å². The molecular formula is C17H16N6OS. The maximum Gasteiger partial charge on any atom is 0.322 e. The van der Waals surface area contributed by atoms with Crippen molar-refractivity contribution in [2.75, 3.05) is 12.4 Å². The van der Waals surface area contributed by atoms with Crippen LogP contribution in [0.3, 0.4) is 0 Å². The first kappa shape index (κ1) is 15.5. The molecule has 3 aromatic heterocycles. The zero-order valence-corrected chi connectivity index (χ0v) is 14.6. The molecule has 1 N–H and O–H groups in total. The van der Waals surface area contributed by atoms with Crippen molar-refractivity contribution >= 4 is 38.9 Å². The Labute approximate surface area is 147 Å². The highest BCUT2D eigenvalue weighted by Crippen LogP contribution is 2.22. The summed E-state index contributed by atoms with van der Waals surface area (Å²) in [4.78, 5) is 22.8. The number of fused-ring (bicyclic) bond motifs is 2. The van der Waals surface area contributed by atoms with Crippen LogP contribution in [0.4, 0.5) is 10.5 Å². The first-order chi connectivity index (χ1) is 12.1. The van der Waals surface area contributed by atoms with Crippen molar-refractivity contribution in [2.24, 2.45) is 0 Å². The van der Waals surface area contributed by atoms with Gasteiger partial charge in [-0.15, -0.1) is 11.3 Å². The van der Waals surface area contributed by atoms with E-state index in [-0.39, 0.29) is 6.03 Å². The number of rotatable bonds is 3. The van der Waals surface area contributed by atoms with Crippen LogP contribution in [0.15, 0.2) is 42.7 Å². The second-order valence-electron chi connectivity index (χ2n) is 5.79. The Morgan fingerprint density at radius 2 is 2.20 bits per heavy atom. The van der Waals surface area contributed by atoms with Crippen LogP contribution in [0.5, 0.6) is 0 Å². The van der Waals surface area contributed by atoms with Crippen molar-refractivity contribution in [3.63, 3.8) is 0 Å². The molecule has 0 unspecified atom stereocenters. The smallest absolute Gasteiger partial charge is 0.321 e. The number of anilines is 1. The molecule has 0 bridgehead atoms. The highest BCUT2D eigenvalue weighted by atomic mass is 32.1. The average Bonchev–Trinajstić information content (AvgIpc) is 3.15. The molecule has 2 amide bonds. The van der Waals surface area contributed by atoms with Gasteiger partial charge in [-0.3, -0.25) is 0 Å². The number of thiazole rings is 1. The third-order valence-electron chi connectivity index (χ3n) is 3.74. The molecule has 4 rings (SSSR count).